The van der Waals surface area contributed by atoms with Crippen LogP contribution < -0.4 is 34.7 Å². The van der Waals surface area contributed by atoms with Gasteiger partial charge in [-0.2, -0.15) is 0 Å². The van der Waals surface area contributed by atoms with E-state index in [1.165, 1.54) is 0 Å². The van der Waals surface area contributed by atoms with Crippen LogP contribution in [-0.4, -0.2) is 26.3 Å². The number of imidazole rings is 1. The quantitative estimate of drug-likeness (QED) is 0.476. The summed E-state index contributed by atoms with van der Waals surface area (Å²) >= 11 is 1.68. The van der Waals surface area contributed by atoms with Crippen molar-refractivity contribution in [3.8, 4) is 0 Å². The molecule has 3 rings (SSSR count). The molecule has 0 bridgehead atoms. The number of fused-ring (bicyclic) bond motifs is 1. The van der Waals surface area contributed by atoms with Crippen LogP contribution in [0.5, 0.6) is 0 Å². The molecule has 0 unspecified atom stereocenters. The van der Waals surface area contributed by atoms with Crippen LogP contribution >= 0.6 is 11.8 Å². The predicted octanol–water partition coefficient (Wildman–Crippen LogP) is -0.718. The Bertz CT molecular complexity index is 798. The number of carboxylic acids is 1. The van der Waals surface area contributed by atoms with Crippen molar-refractivity contribution in [3.63, 3.8) is 0 Å². The minimum atomic E-state index is -1.22. The number of aromatic carboxylic acids is 1. The van der Waals surface area contributed by atoms with E-state index in [2.05, 4.69) is 16.9 Å². The van der Waals surface area contributed by atoms with Gasteiger partial charge in [0.15, 0.2) is 10.8 Å². The van der Waals surface area contributed by atoms with Gasteiger partial charge in [-0.15, -0.1) is 0 Å². The molecule has 1 N–H and O–H groups in total. The maximum Gasteiger partial charge on any atom is 1.00 e. The van der Waals surface area contributed by atoms with Crippen molar-refractivity contribution in [2.45, 2.75) is 25.0 Å². The molecule has 0 aliphatic carbocycles. The van der Waals surface area contributed by atoms with Crippen molar-refractivity contribution >= 4 is 28.9 Å². The van der Waals surface area contributed by atoms with Crippen LogP contribution in [0.25, 0.3) is 11.2 Å². The van der Waals surface area contributed by atoms with Crippen molar-refractivity contribution in [2.75, 3.05) is 5.75 Å². The zero-order valence-electron chi connectivity index (χ0n) is 13.2. The van der Waals surface area contributed by atoms with E-state index in [4.69, 9.17) is 0 Å². The number of H-pyrrole nitrogens is 1. The number of carbonyl (C=O) groups is 1. The maximum absolute atomic E-state index is 11.0. The molecular formula is C16H16N3NaO2S. The van der Waals surface area contributed by atoms with Gasteiger partial charge in [0.25, 0.3) is 0 Å². The zero-order chi connectivity index (χ0) is 15.5. The summed E-state index contributed by atoms with van der Waals surface area (Å²) in [5.74, 6) is -0.242. The summed E-state index contributed by atoms with van der Waals surface area (Å²) in [6.45, 7) is 2.78. The van der Waals surface area contributed by atoms with Crippen LogP contribution in [0.4, 0.5) is 0 Å². The molecule has 2 heterocycles. The molecule has 1 aromatic carbocycles. The molecule has 0 aliphatic heterocycles. The second-order valence-corrected chi connectivity index (χ2v) is 6.08. The van der Waals surface area contributed by atoms with Gasteiger partial charge in [-0.25, -0.2) is 4.98 Å². The largest absolute Gasteiger partial charge is 1.00 e. The standard InChI is InChI=1S/C16H17N3O2S.Na/c1-2-8-22-16-18-14-13(9-12(17-14)15(20)21)19(16)10-11-6-4-3-5-7-11;/h3-7,9,17H,2,8,10H2,1H3,(H,20,21);/q;+1/p-1. The Balaban J connectivity index is 0.00000192. The number of aromatic amines is 1. The van der Waals surface area contributed by atoms with Crippen LogP contribution in [0.3, 0.4) is 0 Å². The van der Waals surface area contributed by atoms with E-state index in [-0.39, 0.29) is 35.3 Å². The average Bonchev–Trinajstić information content (AvgIpc) is 3.06. The van der Waals surface area contributed by atoms with Crippen molar-refractivity contribution in [2.24, 2.45) is 0 Å². The summed E-state index contributed by atoms with van der Waals surface area (Å²) in [5.41, 5.74) is 2.60. The summed E-state index contributed by atoms with van der Waals surface area (Å²) in [4.78, 5) is 18.3. The van der Waals surface area contributed by atoms with Crippen LogP contribution in [-0.2, 0) is 6.54 Å². The van der Waals surface area contributed by atoms with Crippen LogP contribution in [0.1, 0.15) is 29.4 Å². The monoisotopic (exact) mass is 337 g/mol. The van der Waals surface area contributed by atoms with Gasteiger partial charge in [-0.05, 0) is 18.1 Å². The van der Waals surface area contributed by atoms with Gasteiger partial charge in [0, 0.05) is 5.75 Å². The number of benzene rings is 1. The van der Waals surface area contributed by atoms with Crippen LogP contribution in [0.15, 0.2) is 41.6 Å². The SMILES string of the molecule is CCCSc1nc2[nH]c(C(=O)[O-])cc2n1Cc1ccccc1.[Na+]. The molecule has 0 fully saturated rings. The number of thioether (sulfide) groups is 1. The predicted molar refractivity (Wildman–Crippen MR) is 85.0 cm³/mol. The molecule has 114 valence electrons. The second kappa shape index (κ2) is 8.06. The first-order valence-electron chi connectivity index (χ1n) is 7.16. The van der Waals surface area contributed by atoms with E-state index in [9.17, 15) is 9.90 Å². The van der Waals surface area contributed by atoms with Gasteiger partial charge >= 0.3 is 29.6 Å². The van der Waals surface area contributed by atoms with Gasteiger partial charge in [0.05, 0.1) is 23.7 Å². The molecule has 0 aliphatic rings. The minimum Gasteiger partial charge on any atom is -0.543 e. The summed E-state index contributed by atoms with van der Waals surface area (Å²) in [6, 6.07) is 11.7. The molecule has 0 radical (unpaired) electrons. The Hall–Kier alpha value is -1.21. The normalized spacial score (nSPS) is 10.7. The molecule has 5 nitrogen and oxygen atoms in total. The summed E-state index contributed by atoms with van der Waals surface area (Å²) < 4.78 is 2.05. The van der Waals surface area contributed by atoms with Gasteiger partial charge in [-0.3, -0.25) is 0 Å². The fourth-order valence-electron chi connectivity index (χ4n) is 2.32. The minimum absolute atomic E-state index is 0. The van der Waals surface area contributed by atoms with Crippen LogP contribution in [0.2, 0.25) is 0 Å². The maximum atomic E-state index is 11.0. The molecular weight excluding hydrogens is 321 g/mol. The Morgan fingerprint density at radius 3 is 2.74 bits per heavy atom. The average molecular weight is 337 g/mol. The number of aromatic nitrogens is 3. The van der Waals surface area contributed by atoms with E-state index in [0.717, 1.165) is 28.4 Å². The third-order valence-electron chi connectivity index (χ3n) is 3.34. The molecule has 7 heteroatoms. The van der Waals surface area contributed by atoms with E-state index >= 15 is 0 Å². The van der Waals surface area contributed by atoms with Crippen molar-refractivity contribution in [1.29, 1.82) is 0 Å². The summed E-state index contributed by atoms with van der Waals surface area (Å²) in [7, 11) is 0. The molecule has 2 aromatic heterocycles. The van der Waals surface area contributed by atoms with E-state index < -0.39 is 5.97 Å². The van der Waals surface area contributed by atoms with Crippen LogP contribution in [0, 0.1) is 0 Å². The Labute approximate surface area is 160 Å². The molecule has 0 saturated heterocycles. The number of nitrogens with zero attached hydrogens (tertiary/aromatic N) is 2. The summed E-state index contributed by atoms with van der Waals surface area (Å²) in [5, 5.41) is 11.9. The van der Waals surface area contributed by atoms with Gasteiger partial charge in [0.2, 0.25) is 0 Å². The molecule has 0 saturated carbocycles. The third-order valence-corrected chi connectivity index (χ3v) is 4.53. The number of rotatable bonds is 6. The Kier molecular flexibility index (Phi) is 6.35. The number of nitrogens with one attached hydrogen (secondary N) is 1. The first-order chi connectivity index (χ1) is 10.7. The third kappa shape index (κ3) is 4.01. The number of hydrogen-bond donors (Lipinski definition) is 1. The molecule has 0 atom stereocenters. The number of hydrogen-bond acceptors (Lipinski definition) is 4. The Morgan fingerprint density at radius 2 is 2.09 bits per heavy atom. The fraction of sp³-hybridized carbons (Fsp3) is 0.250. The Morgan fingerprint density at radius 1 is 1.35 bits per heavy atom. The second-order valence-electron chi connectivity index (χ2n) is 5.02. The fourth-order valence-corrected chi connectivity index (χ4v) is 3.18. The van der Waals surface area contributed by atoms with E-state index in [0.29, 0.717) is 12.2 Å². The van der Waals surface area contributed by atoms with Crippen molar-refractivity contribution in [3.05, 3.63) is 47.7 Å². The topological polar surface area (TPSA) is 73.7 Å². The van der Waals surface area contributed by atoms with E-state index in [1.54, 1.807) is 17.8 Å². The number of carbonyl (C=O) groups excluding carboxylic acids is 1. The first-order valence-corrected chi connectivity index (χ1v) is 8.15. The van der Waals surface area contributed by atoms with Gasteiger partial charge in [0.1, 0.15) is 0 Å². The van der Waals surface area contributed by atoms with Crippen molar-refractivity contribution < 1.29 is 39.5 Å². The smallest absolute Gasteiger partial charge is 0.543 e. The van der Waals surface area contributed by atoms with Crippen molar-refractivity contribution in [1.82, 2.24) is 14.5 Å². The zero-order valence-corrected chi connectivity index (χ0v) is 16.0. The number of carboxylic acid groups (broad SMARTS) is 1. The first kappa shape index (κ1) is 18.1. The molecule has 23 heavy (non-hydrogen) atoms. The molecule has 3 aromatic rings. The summed E-state index contributed by atoms with van der Waals surface area (Å²) in [6.07, 6.45) is 1.06. The van der Waals surface area contributed by atoms with E-state index in [1.807, 2.05) is 34.9 Å². The molecule has 0 spiro atoms. The van der Waals surface area contributed by atoms with Gasteiger partial charge in [-0.1, -0.05) is 49.0 Å². The molecule has 0 amide bonds. The van der Waals surface area contributed by atoms with Gasteiger partial charge < -0.3 is 19.5 Å².